The fourth-order valence-corrected chi connectivity index (χ4v) is 7.96. The second-order valence-electron chi connectivity index (χ2n) is 14.0. The number of para-hydroxylation sites is 2. The molecule has 0 aliphatic heterocycles. The molecular formula is C51H32N4O. The van der Waals surface area contributed by atoms with Crippen molar-refractivity contribution in [3.63, 3.8) is 0 Å². The van der Waals surface area contributed by atoms with E-state index < -0.39 is 0 Å². The molecule has 0 unspecified atom stereocenters. The van der Waals surface area contributed by atoms with Crippen molar-refractivity contribution in [1.82, 2.24) is 19.5 Å². The van der Waals surface area contributed by atoms with Crippen LogP contribution in [0.3, 0.4) is 0 Å². The van der Waals surface area contributed by atoms with Crippen LogP contribution in [-0.2, 0) is 0 Å². The minimum absolute atomic E-state index is 0.582. The third-order valence-corrected chi connectivity index (χ3v) is 10.7. The van der Waals surface area contributed by atoms with Gasteiger partial charge in [0.2, 0.25) is 0 Å². The first-order valence-corrected chi connectivity index (χ1v) is 18.8. The van der Waals surface area contributed by atoms with Crippen LogP contribution in [0.15, 0.2) is 199 Å². The lowest BCUT2D eigenvalue weighted by Gasteiger charge is -2.09. The highest BCUT2D eigenvalue weighted by atomic mass is 16.3. The molecule has 0 saturated heterocycles. The highest BCUT2D eigenvalue weighted by Gasteiger charge is 2.20. The maximum absolute atomic E-state index is 6.86. The van der Waals surface area contributed by atoms with Crippen LogP contribution in [0.4, 0.5) is 0 Å². The molecule has 5 nitrogen and oxygen atoms in total. The van der Waals surface area contributed by atoms with Crippen LogP contribution < -0.4 is 0 Å². The van der Waals surface area contributed by atoms with Gasteiger partial charge in [-0.25, -0.2) is 15.0 Å². The predicted molar refractivity (Wildman–Crippen MR) is 229 cm³/mol. The average Bonchev–Trinajstić information content (AvgIpc) is 3.82. The molecule has 0 fully saturated rings. The van der Waals surface area contributed by atoms with Crippen LogP contribution in [0.1, 0.15) is 0 Å². The summed E-state index contributed by atoms with van der Waals surface area (Å²) in [5.74, 6) is 1.81. The standard InChI is InChI=1S/C51H32N4O/c1-4-14-33(15-5-1)36-20-12-21-38(30-36)50-52-49(35-18-8-3-9-19-35)53-51(54-50)39-26-28-41-42-23-13-25-46(48(42)56-47(41)32-39)55-44-24-11-10-22-40(44)43-31-37(27-29-45(43)55)34-16-6-2-7-17-34/h1-32H. The Hall–Kier alpha value is -7.63. The van der Waals surface area contributed by atoms with Crippen molar-refractivity contribution in [3.8, 4) is 62.1 Å². The van der Waals surface area contributed by atoms with E-state index in [1.165, 1.54) is 21.9 Å². The second kappa shape index (κ2) is 13.0. The van der Waals surface area contributed by atoms with E-state index in [2.05, 4.69) is 162 Å². The highest BCUT2D eigenvalue weighted by molar-refractivity contribution is 6.13. The second-order valence-corrected chi connectivity index (χ2v) is 14.0. The highest BCUT2D eigenvalue weighted by Crippen LogP contribution is 2.40. The van der Waals surface area contributed by atoms with Gasteiger partial charge in [0.25, 0.3) is 0 Å². The summed E-state index contributed by atoms with van der Waals surface area (Å²) in [5.41, 5.74) is 12.2. The molecule has 0 bridgehead atoms. The van der Waals surface area contributed by atoms with E-state index >= 15 is 0 Å². The molecule has 11 rings (SSSR count). The van der Waals surface area contributed by atoms with E-state index in [0.29, 0.717) is 17.5 Å². The monoisotopic (exact) mass is 716 g/mol. The predicted octanol–water partition coefficient (Wildman–Crippen LogP) is 13.2. The topological polar surface area (TPSA) is 56.7 Å². The van der Waals surface area contributed by atoms with Gasteiger partial charge in [-0.15, -0.1) is 0 Å². The lowest BCUT2D eigenvalue weighted by Crippen LogP contribution is -2.00. The lowest BCUT2D eigenvalue weighted by molar-refractivity contribution is 0.666. The summed E-state index contributed by atoms with van der Waals surface area (Å²) in [6.07, 6.45) is 0. The van der Waals surface area contributed by atoms with Crippen molar-refractivity contribution in [2.75, 3.05) is 0 Å². The first kappa shape index (κ1) is 31.9. The van der Waals surface area contributed by atoms with Crippen molar-refractivity contribution >= 4 is 43.7 Å². The summed E-state index contributed by atoms with van der Waals surface area (Å²) in [5, 5.41) is 4.48. The van der Waals surface area contributed by atoms with Crippen LogP contribution in [0.25, 0.3) is 106 Å². The van der Waals surface area contributed by atoms with E-state index in [1.54, 1.807) is 0 Å². The van der Waals surface area contributed by atoms with Crippen LogP contribution in [-0.4, -0.2) is 19.5 Å². The van der Waals surface area contributed by atoms with Crippen LogP contribution >= 0.6 is 0 Å². The summed E-state index contributed by atoms with van der Waals surface area (Å²) >= 11 is 0. The van der Waals surface area contributed by atoms with Gasteiger partial charge in [-0.3, -0.25) is 0 Å². The average molecular weight is 717 g/mol. The summed E-state index contributed by atoms with van der Waals surface area (Å²) in [6.45, 7) is 0. The van der Waals surface area contributed by atoms with Gasteiger partial charge in [0.15, 0.2) is 23.1 Å². The SMILES string of the molecule is c1ccc(-c2cccc(-c3nc(-c4ccccc4)nc(-c4ccc5c(c4)oc4c(-n6c7ccccc7c7cc(-c8ccccc8)ccc76)cccc45)n3)c2)cc1. The van der Waals surface area contributed by atoms with Gasteiger partial charge >= 0.3 is 0 Å². The Morgan fingerprint density at radius 3 is 1.57 bits per heavy atom. The largest absolute Gasteiger partial charge is 0.454 e. The first-order chi connectivity index (χ1) is 27.7. The Labute approximate surface area is 322 Å². The van der Waals surface area contributed by atoms with Gasteiger partial charge in [0, 0.05) is 38.2 Å². The summed E-state index contributed by atoms with van der Waals surface area (Å²) in [6, 6.07) is 67.4. The van der Waals surface area contributed by atoms with Crippen molar-refractivity contribution < 1.29 is 4.42 Å². The van der Waals surface area contributed by atoms with E-state index in [4.69, 9.17) is 19.4 Å². The van der Waals surface area contributed by atoms with Gasteiger partial charge in [-0.2, -0.15) is 0 Å². The summed E-state index contributed by atoms with van der Waals surface area (Å²) < 4.78 is 9.20. The third-order valence-electron chi connectivity index (χ3n) is 10.7. The molecule has 56 heavy (non-hydrogen) atoms. The van der Waals surface area contributed by atoms with Crippen LogP contribution in [0.5, 0.6) is 0 Å². The van der Waals surface area contributed by atoms with Gasteiger partial charge in [0.1, 0.15) is 5.58 Å². The molecule has 11 aromatic rings. The molecule has 0 atom stereocenters. The number of benzene rings is 8. The number of nitrogens with zero attached hydrogens (tertiary/aromatic N) is 4. The maximum atomic E-state index is 6.86. The molecule has 0 saturated carbocycles. The molecule has 3 heterocycles. The third kappa shape index (κ3) is 5.37. The van der Waals surface area contributed by atoms with E-state index in [0.717, 1.165) is 66.5 Å². The van der Waals surface area contributed by atoms with Gasteiger partial charge in [-0.05, 0) is 64.7 Å². The molecule has 0 aliphatic carbocycles. The quantitative estimate of drug-likeness (QED) is 0.172. The minimum atomic E-state index is 0.582. The zero-order chi connectivity index (χ0) is 37.0. The molecule has 262 valence electrons. The lowest BCUT2D eigenvalue weighted by atomic mass is 10.0. The van der Waals surface area contributed by atoms with Gasteiger partial charge in [-0.1, -0.05) is 152 Å². The summed E-state index contributed by atoms with van der Waals surface area (Å²) in [7, 11) is 0. The van der Waals surface area contributed by atoms with Crippen LogP contribution in [0, 0.1) is 0 Å². The first-order valence-electron chi connectivity index (χ1n) is 18.8. The Morgan fingerprint density at radius 2 is 0.839 bits per heavy atom. The Balaban J connectivity index is 1.06. The molecule has 8 aromatic carbocycles. The fraction of sp³-hybridized carbons (Fsp3) is 0. The number of fused-ring (bicyclic) bond motifs is 6. The number of hydrogen-bond donors (Lipinski definition) is 0. The van der Waals surface area contributed by atoms with Crippen LogP contribution in [0.2, 0.25) is 0 Å². The van der Waals surface area contributed by atoms with Crippen molar-refractivity contribution in [2.45, 2.75) is 0 Å². The molecule has 0 spiro atoms. The molecule has 5 heteroatoms. The van der Waals surface area contributed by atoms with E-state index in [-0.39, 0.29) is 0 Å². The number of hydrogen-bond acceptors (Lipinski definition) is 4. The zero-order valence-electron chi connectivity index (χ0n) is 30.2. The zero-order valence-corrected chi connectivity index (χ0v) is 30.2. The smallest absolute Gasteiger partial charge is 0.164 e. The number of furan rings is 1. The van der Waals surface area contributed by atoms with Crippen molar-refractivity contribution in [3.05, 3.63) is 194 Å². The fourth-order valence-electron chi connectivity index (χ4n) is 7.96. The van der Waals surface area contributed by atoms with Gasteiger partial charge in [0.05, 0.1) is 16.7 Å². The molecule has 3 aromatic heterocycles. The number of aromatic nitrogens is 4. The molecule has 0 radical (unpaired) electrons. The minimum Gasteiger partial charge on any atom is -0.454 e. The Kier molecular flexibility index (Phi) is 7.42. The molecule has 0 N–H and O–H groups in total. The van der Waals surface area contributed by atoms with E-state index in [1.807, 2.05) is 36.4 Å². The maximum Gasteiger partial charge on any atom is 0.164 e. The molecular weight excluding hydrogens is 685 g/mol. The van der Waals surface area contributed by atoms with Crippen molar-refractivity contribution in [2.24, 2.45) is 0 Å². The van der Waals surface area contributed by atoms with E-state index in [9.17, 15) is 0 Å². The normalized spacial score (nSPS) is 11.6. The molecule has 0 amide bonds. The molecule has 0 aliphatic rings. The van der Waals surface area contributed by atoms with Gasteiger partial charge < -0.3 is 8.98 Å². The van der Waals surface area contributed by atoms with Crippen molar-refractivity contribution in [1.29, 1.82) is 0 Å². The summed E-state index contributed by atoms with van der Waals surface area (Å²) in [4.78, 5) is 15.1. The number of rotatable bonds is 6. The Morgan fingerprint density at radius 1 is 0.321 bits per heavy atom. The Bertz CT molecular complexity index is 3240.